The monoisotopic (exact) mass is 277 g/mol. The molecule has 3 aromatic rings. The standard InChI is InChI=1S/C18H19N3/c1-11-5-6-15(7-12(11)2)21-18-16-8-13(3)14(4)9-17(16)19-10-20-18/h5-10H,1-4H3,(H,19,20,21). The van der Waals surface area contributed by atoms with Gasteiger partial charge in [0.15, 0.2) is 0 Å². The third-order valence-electron chi connectivity index (χ3n) is 4.02. The maximum absolute atomic E-state index is 4.40. The number of nitrogens with one attached hydrogen (secondary N) is 1. The number of hydrogen-bond acceptors (Lipinski definition) is 3. The molecule has 21 heavy (non-hydrogen) atoms. The predicted molar refractivity (Wildman–Crippen MR) is 88.2 cm³/mol. The van der Waals surface area contributed by atoms with Crippen molar-refractivity contribution in [2.45, 2.75) is 27.7 Å². The number of benzene rings is 2. The van der Waals surface area contributed by atoms with E-state index in [9.17, 15) is 0 Å². The van der Waals surface area contributed by atoms with Crippen LogP contribution in [0.25, 0.3) is 10.9 Å². The molecule has 2 aromatic carbocycles. The molecule has 1 aromatic heterocycles. The molecule has 1 heterocycles. The lowest BCUT2D eigenvalue weighted by molar-refractivity contribution is 1.21. The first-order chi connectivity index (χ1) is 10.0. The van der Waals surface area contributed by atoms with Gasteiger partial charge in [-0.25, -0.2) is 9.97 Å². The summed E-state index contributed by atoms with van der Waals surface area (Å²) in [5.74, 6) is 0.853. The van der Waals surface area contributed by atoms with Crippen LogP contribution in [0.2, 0.25) is 0 Å². The number of hydrogen-bond donors (Lipinski definition) is 1. The minimum atomic E-state index is 0.853. The minimum absolute atomic E-state index is 0.853. The third kappa shape index (κ3) is 2.59. The quantitative estimate of drug-likeness (QED) is 0.743. The molecule has 3 rings (SSSR count). The Morgan fingerprint density at radius 1 is 0.762 bits per heavy atom. The van der Waals surface area contributed by atoms with Gasteiger partial charge in [-0.05, 0) is 74.2 Å². The highest BCUT2D eigenvalue weighted by atomic mass is 15.0. The average molecular weight is 277 g/mol. The van der Waals surface area contributed by atoms with Crippen LogP contribution in [0.3, 0.4) is 0 Å². The largest absolute Gasteiger partial charge is 0.340 e. The zero-order valence-corrected chi connectivity index (χ0v) is 12.9. The average Bonchev–Trinajstić information content (AvgIpc) is 2.45. The smallest absolute Gasteiger partial charge is 0.141 e. The SMILES string of the molecule is Cc1ccc(Nc2ncnc3cc(C)c(C)cc23)cc1C. The molecule has 0 aliphatic heterocycles. The molecule has 0 unspecified atom stereocenters. The highest BCUT2D eigenvalue weighted by Gasteiger charge is 2.06. The lowest BCUT2D eigenvalue weighted by Crippen LogP contribution is -1.97. The first-order valence-electron chi connectivity index (χ1n) is 7.11. The van der Waals surface area contributed by atoms with Gasteiger partial charge in [0.25, 0.3) is 0 Å². The van der Waals surface area contributed by atoms with E-state index in [-0.39, 0.29) is 0 Å². The highest BCUT2D eigenvalue weighted by molar-refractivity contribution is 5.91. The van der Waals surface area contributed by atoms with Crippen molar-refractivity contribution >= 4 is 22.4 Å². The van der Waals surface area contributed by atoms with Gasteiger partial charge in [0, 0.05) is 11.1 Å². The molecule has 3 heteroatoms. The van der Waals surface area contributed by atoms with Gasteiger partial charge in [-0.3, -0.25) is 0 Å². The Balaban J connectivity index is 2.07. The van der Waals surface area contributed by atoms with Crippen LogP contribution < -0.4 is 5.32 Å². The van der Waals surface area contributed by atoms with Gasteiger partial charge in [-0.2, -0.15) is 0 Å². The topological polar surface area (TPSA) is 37.8 Å². The fraction of sp³-hybridized carbons (Fsp3) is 0.222. The zero-order valence-electron chi connectivity index (χ0n) is 12.9. The Kier molecular flexibility index (Phi) is 3.34. The maximum Gasteiger partial charge on any atom is 0.141 e. The van der Waals surface area contributed by atoms with E-state index in [1.165, 1.54) is 22.3 Å². The van der Waals surface area contributed by atoms with E-state index in [0.717, 1.165) is 22.4 Å². The molecule has 0 fully saturated rings. The Hall–Kier alpha value is -2.42. The van der Waals surface area contributed by atoms with Crippen LogP contribution in [0.1, 0.15) is 22.3 Å². The second-order valence-electron chi connectivity index (χ2n) is 5.60. The Morgan fingerprint density at radius 3 is 2.24 bits per heavy atom. The van der Waals surface area contributed by atoms with Crippen LogP contribution >= 0.6 is 0 Å². The Bertz CT molecular complexity index is 822. The van der Waals surface area contributed by atoms with Crippen molar-refractivity contribution in [2.75, 3.05) is 5.32 Å². The number of aromatic nitrogens is 2. The minimum Gasteiger partial charge on any atom is -0.340 e. The van der Waals surface area contributed by atoms with E-state index in [4.69, 9.17) is 0 Å². The molecule has 0 saturated carbocycles. The Labute approximate surface area is 125 Å². The lowest BCUT2D eigenvalue weighted by atomic mass is 10.1. The summed E-state index contributed by atoms with van der Waals surface area (Å²) in [6.45, 7) is 8.45. The van der Waals surface area contributed by atoms with Gasteiger partial charge in [-0.1, -0.05) is 6.07 Å². The molecule has 0 radical (unpaired) electrons. The molecule has 1 N–H and O–H groups in total. The van der Waals surface area contributed by atoms with Gasteiger partial charge >= 0.3 is 0 Å². The van der Waals surface area contributed by atoms with E-state index >= 15 is 0 Å². The van der Waals surface area contributed by atoms with Gasteiger partial charge in [0.05, 0.1) is 5.52 Å². The molecule has 0 aliphatic rings. The Morgan fingerprint density at radius 2 is 1.48 bits per heavy atom. The highest BCUT2D eigenvalue weighted by Crippen LogP contribution is 2.26. The summed E-state index contributed by atoms with van der Waals surface area (Å²) in [7, 11) is 0. The molecule has 106 valence electrons. The van der Waals surface area contributed by atoms with Gasteiger partial charge in [0.1, 0.15) is 12.1 Å². The van der Waals surface area contributed by atoms with Crippen molar-refractivity contribution < 1.29 is 0 Å². The van der Waals surface area contributed by atoms with E-state index in [1.54, 1.807) is 6.33 Å². The number of aryl methyl sites for hydroxylation is 4. The van der Waals surface area contributed by atoms with Crippen LogP contribution in [0.5, 0.6) is 0 Å². The van der Waals surface area contributed by atoms with Gasteiger partial charge < -0.3 is 5.32 Å². The molecule has 0 amide bonds. The predicted octanol–water partition coefficient (Wildman–Crippen LogP) is 4.61. The number of anilines is 2. The van der Waals surface area contributed by atoms with Crippen LogP contribution in [0, 0.1) is 27.7 Å². The van der Waals surface area contributed by atoms with Crippen molar-refractivity contribution in [3.63, 3.8) is 0 Å². The lowest BCUT2D eigenvalue weighted by Gasteiger charge is -2.11. The normalized spacial score (nSPS) is 10.9. The fourth-order valence-corrected chi connectivity index (χ4v) is 2.37. The van der Waals surface area contributed by atoms with E-state index in [2.05, 4.69) is 73.3 Å². The number of rotatable bonds is 2. The van der Waals surface area contributed by atoms with Crippen LogP contribution in [-0.2, 0) is 0 Å². The molecular formula is C18H19N3. The molecule has 0 spiro atoms. The van der Waals surface area contributed by atoms with Crippen LogP contribution in [0.4, 0.5) is 11.5 Å². The van der Waals surface area contributed by atoms with Crippen molar-refractivity contribution in [1.82, 2.24) is 9.97 Å². The van der Waals surface area contributed by atoms with Crippen molar-refractivity contribution in [3.05, 3.63) is 58.9 Å². The van der Waals surface area contributed by atoms with Gasteiger partial charge in [-0.15, -0.1) is 0 Å². The third-order valence-corrected chi connectivity index (χ3v) is 4.02. The van der Waals surface area contributed by atoms with Crippen LogP contribution in [-0.4, -0.2) is 9.97 Å². The summed E-state index contributed by atoms with van der Waals surface area (Å²) < 4.78 is 0. The molecule has 0 saturated heterocycles. The second-order valence-corrected chi connectivity index (χ2v) is 5.60. The molecule has 0 bridgehead atoms. The molecule has 0 atom stereocenters. The number of nitrogens with zero attached hydrogens (tertiary/aromatic N) is 2. The molecule has 0 aliphatic carbocycles. The molecular weight excluding hydrogens is 258 g/mol. The zero-order chi connectivity index (χ0) is 15.0. The molecule has 3 nitrogen and oxygen atoms in total. The summed E-state index contributed by atoms with van der Waals surface area (Å²) in [6.07, 6.45) is 1.61. The second kappa shape index (κ2) is 5.17. The van der Waals surface area contributed by atoms with Crippen molar-refractivity contribution in [2.24, 2.45) is 0 Å². The number of fused-ring (bicyclic) bond motifs is 1. The van der Waals surface area contributed by atoms with E-state index in [1.807, 2.05) is 0 Å². The first-order valence-corrected chi connectivity index (χ1v) is 7.11. The summed E-state index contributed by atoms with van der Waals surface area (Å²) in [5.41, 5.74) is 7.08. The summed E-state index contributed by atoms with van der Waals surface area (Å²) in [5, 5.41) is 4.46. The summed E-state index contributed by atoms with van der Waals surface area (Å²) in [4.78, 5) is 8.77. The summed E-state index contributed by atoms with van der Waals surface area (Å²) in [6, 6.07) is 10.6. The van der Waals surface area contributed by atoms with Crippen molar-refractivity contribution in [3.8, 4) is 0 Å². The van der Waals surface area contributed by atoms with Crippen molar-refractivity contribution in [1.29, 1.82) is 0 Å². The van der Waals surface area contributed by atoms with E-state index < -0.39 is 0 Å². The first kappa shape index (κ1) is 13.6. The summed E-state index contributed by atoms with van der Waals surface area (Å²) >= 11 is 0. The van der Waals surface area contributed by atoms with Crippen LogP contribution in [0.15, 0.2) is 36.7 Å². The fourth-order valence-electron chi connectivity index (χ4n) is 2.37. The van der Waals surface area contributed by atoms with Gasteiger partial charge in [0.2, 0.25) is 0 Å². The maximum atomic E-state index is 4.40. The van der Waals surface area contributed by atoms with E-state index in [0.29, 0.717) is 0 Å².